The van der Waals surface area contributed by atoms with E-state index in [2.05, 4.69) is 12.5 Å². The van der Waals surface area contributed by atoms with Crippen molar-refractivity contribution in [3.8, 4) is 0 Å². The van der Waals surface area contributed by atoms with Crippen molar-refractivity contribution < 1.29 is 23.4 Å². The van der Waals surface area contributed by atoms with Crippen molar-refractivity contribution in [2.24, 2.45) is 0 Å². The first-order valence-corrected chi connectivity index (χ1v) is 10.6. The van der Waals surface area contributed by atoms with Crippen molar-refractivity contribution in [3.63, 3.8) is 0 Å². The Morgan fingerprint density at radius 2 is 1.83 bits per heavy atom. The first kappa shape index (κ1) is 17.3. The third kappa shape index (κ3) is 3.30. The normalized spacial score (nSPS) is 24.9. The summed E-state index contributed by atoms with van der Waals surface area (Å²) < 4.78 is 34.0. The number of carbonyl (C=O) groups is 1. The van der Waals surface area contributed by atoms with Gasteiger partial charge in [0.25, 0.3) is 0 Å². The number of hydrogen-bond acceptors (Lipinski definition) is 4. The molecule has 2 aliphatic heterocycles. The van der Waals surface area contributed by atoms with E-state index in [4.69, 9.17) is 9.84 Å². The molecule has 0 bridgehead atoms. The van der Waals surface area contributed by atoms with Gasteiger partial charge in [-0.05, 0) is 24.0 Å². The zero-order chi connectivity index (χ0) is 17.5. The second-order valence-corrected chi connectivity index (χ2v) is 11.1. The van der Waals surface area contributed by atoms with Crippen molar-refractivity contribution in [1.29, 1.82) is 0 Å². The van der Waals surface area contributed by atoms with Gasteiger partial charge >= 0.3 is 6.09 Å². The lowest BCUT2D eigenvalue weighted by molar-refractivity contribution is 0.0963. The predicted molar refractivity (Wildman–Crippen MR) is 92.4 cm³/mol. The molecule has 2 heterocycles. The van der Waals surface area contributed by atoms with Gasteiger partial charge in [-0.25, -0.2) is 23.6 Å². The number of nitrogens with zero attached hydrogens (tertiary/aromatic N) is 2. The van der Waals surface area contributed by atoms with E-state index < -0.39 is 33.9 Å². The number of aliphatic hydroxyl groups excluding tert-OH is 1. The Hall–Kier alpha value is -1.54. The Morgan fingerprint density at radius 1 is 1.25 bits per heavy atom. The molecular weight excluding hydrogens is 338 g/mol. The summed E-state index contributed by atoms with van der Waals surface area (Å²) in [6, 6.07) is 2.32. The first-order chi connectivity index (χ1) is 11.3. The van der Waals surface area contributed by atoms with Gasteiger partial charge in [0.2, 0.25) is 0 Å². The van der Waals surface area contributed by atoms with Crippen LogP contribution in [0.25, 0.3) is 0 Å². The van der Waals surface area contributed by atoms with Gasteiger partial charge in [0.15, 0.2) is 11.6 Å². The van der Waals surface area contributed by atoms with Crippen molar-refractivity contribution in [2.75, 3.05) is 60.1 Å². The van der Waals surface area contributed by atoms with Crippen LogP contribution in [-0.2, 0) is 4.74 Å². The molecule has 5 nitrogen and oxygen atoms in total. The zero-order valence-electron chi connectivity index (χ0n) is 13.8. The highest BCUT2D eigenvalue weighted by molar-refractivity contribution is 8.32. The van der Waals surface area contributed by atoms with E-state index in [1.165, 1.54) is 0 Å². The van der Waals surface area contributed by atoms with Crippen molar-refractivity contribution in [2.45, 2.75) is 6.10 Å². The van der Waals surface area contributed by atoms with Gasteiger partial charge in [0, 0.05) is 25.2 Å². The molecule has 134 valence electrons. The van der Waals surface area contributed by atoms with Gasteiger partial charge < -0.3 is 14.7 Å². The average molecular weight is 360 g/mol. The van der Waals surface area contributed by atoms with Crippen LogP contribution in [0.3, 0.4) is 0 Å². The predicted octanol–water partition coefficient (Wildman–Crippen LogP) is 2.17. The standard InChI is InChI=1S/C16H22F2N2O3S/c1-24(2)5-3-19(4-6-24)15-13(17)7-11(8-14(15)18)20-9-12(10-21)23-16(20)22/h7-8,12,21H,3-6,9-10H2,1-2H3. The highest BCUT2D eigenvalue weighted by Gasteiger charge is 2.33. The summed E-state index contributed by atoms with van der Waals surface area (Å²) in [6.07, 6.45) is 3.09. The molecule has 0 aliphatic carbocycles. The highest BCUT2D eigenvalue weighted by atomic mass is 32.3. The fourth-order valence-electron chi connectivity index (χ4n) is 2.99. The van der Waals surface area contributed by atoms with Crippen LogP contribution in [0.4, 0.5) is 25.0 Å². The first-order valence-electron chi connectivity index (χ1n) is 7.82. The van der Waals surface area contributed by atoms with E-state index >= 15 is 0 Å². The number of carbonyl (C=O) groups excluding carboxylic acids is 1. The third-order valence-electron chi connectivity index (χ3n) is 4.53. The lowest BCUT2D eigenvalue weighted by Gasteiger charge is -2.42. The van der Waals surface area contributed by atoms with Gasteiger partial charge in [0.1, 0.15) is 11.8 Å². The molecule has 24 heavy (non-hydrogen) atoms. The summed E-state index contributed by atoms with van der Waals surface area (Å²) in [7, 11) is -0.667. The molecule has 2 saturated heterocycles. The Balaban J connectivity index is 1.83. The van der Waals surface area contributed by atoms with Gasteiger partial charge in [-0.15, -0.1) is 0 Å². The average Bonchev–Trinajstić information content (AvgIpc) is 2.89. The van der Waals surface area contributed by atoms with E-state index in [1.807, 2.05) is 0 Å². The van der Waals surface area contributed by atoms with Crippen LogP contribution >= 0.6 is 10.0 Å². The van der Waals surface area contributed by atoms with Gasteiger partial charge in [-0.3, -0.25) is 4.90 Å². The number of rotatable bonds is 3. The molecule has 1 N–H and O–H groups in total. The number of aliphatic hydroxyl groups is 1. The van der Waals surface area contributed by atoms with Crippen LogP contribution in [-0.4, -0.2) is 67.6 Å². The van der Waals surface area contributed by atoms with E-state index in [0.717, 1.165) is 28.5 Å². The van der Waals surface area contributed by atoms with Crippen LogP contribution in [0.15, 0.2) is 12.1 Å². The minimum absolute atomic E-state index is 0.0278. The highest BCUT2D eigenvalue weighted by Crippen LogP contribution is 2.43. The molecule has 8 heteroatoms. The molecule has 3 rings (SSSR count). The number of anilines is 2. The van der Waals surface area contributed by atoms with Crippen LogP contribution in [0, 0.1) is 11.6 Å². The molecule has 0 radical (unpaired) electrons. The minimum atomic E-state index is -0.705. The molecule has 0 spiro atoms. The summed E-state index contributed by atoms with van der Waals surface area (Å²) in [5.74, 6) is 0.536. The monoisotopic (exact) mass is 360 g/mol. The SMILES string of the molecule is CS1(C)CCN(c2c(F)cc(N3CC(CO)OC3=O)cc2F)CC1. The second kappa shape index (κ2) is 6.40. The Morgan fingerprint density at radius 3 is 2.33 bits per heavy atom. The number of amides is 1. The van der Waals surface area contributed by atoms with Crippen LogP contribution < -0.4 is 9.80 Å². The van der Waals surface area contributed by atoms with Crippen molar-refractivity contribution in [1.82, 2.24) is 0 Å². The van der Waals surface area contributed by atoms with Gasteiger partial charge in [-0.2, -0.15) is 0 Å². The largest absolute Gasteiger partial charge is 0.441 e. The maximum Gasteiger partial charge on any atom is 0.414 e. The summed E-state index contributed by atoms with van der Waals surface area (Å²) in [5, 5.41) is 9.06. The summed E-state index contributed by atoms with van der Waals surface area (Å²) >= 11 is 0. The fourth-order valence-corrected chi connectivity index (χ4v) is 4.62. The molecule has 0 aromatic heterocycles. The summed E-state index contributed by atoms with van der Waals surface area (Å²) in [4.78, 5) is 14.6. The Bertz CT molecular complexity index is 623. The van der Waals surface area contributed by atoms with Gasteiger partial charge in [0.05, 0.1) is 18.8 Å². The molecule has 0 saturated carbocycles. The quantitative estimate of drug-likeness (QED) is 0.898. The lowest BCUT2D eigenvalue weighted by atomic mass is 10.2. The smallest absolute Gasteiger partial charge is 0.414 e. The number of benzene rings is 1. The molecule has 2 fully saturated rings. The van der Waals surface area contributed by atoms with E-state index in [9.17, 15) is 13.6 Å². The van der Waals surface area contributed by atoms with Gasteiger partial charge in [-0.1, -0.05) is 0 Å². The van der Waals surface area contributed by atoms with Crippen LogP contribution in [0.1, 0.15) is 0 Å². The van der Waals surface area contributed by atoms with Crippen molar-refractivity contribution in [3.05, 3.63) is 23.8 Å². The molecule has 1 aromatic rings. The summed E-state index contributed by atoms with van der Waals surface area (Å²) in [5.41, 5.74) is 0.0811. The molecular formula is C16H22F2N2O3S. The molecule has 1 unspecified atom stereocenters. The maximum absolute atomic E-state index is 14.5. The second-order valence-electron chi connectivity index (χ2n) is 6.72. The maximum atomic E-state index is 14.5. The molecule has 1 atom stereocenters. The Labute approximate surface area is 141 Å². The van der Waals surface area contributed by atoms with E-state index in [1.54, 1.807) is 4.90 Å². The minimum Gasteiger partial charge on any atom is -0.441 e. The fraction of sp³-hybridized carbons (Fsp3) is 0.562. The lowest BCUT2D eigenvalue weighted by Crippen LogP contribution is -2.39. The van der Waals surface area contributed by atoms with Crippen LogP contribution in [0.5, 0.6) is 0 Å². The number of hydrogen-bond donors (Lipinski definition) is 1. The van der Waals surface area contributed by atoms with Crippen LogP contribution in [0.2, 0.25) is 0 Å². The molecule has 2 aliphatic rings. The number of halogens is 2. The Kier molecular flexibility index (Phi) is 4.61. The molecule has 1 amide bonds. The third-order valence-corrected chi connectivity index (χ3v) is 7.11. The number of ether oxygens (including phenoxy) is 1. The van der Waals surface area contributed by atoms with Crippen molar-refractivity contribution >= 4 is 27.5 Å². The molecule has 1 aromatic carbocycles. The summed E-state index contributed by atoms with van der Waals surface area (Å²) in [6.45, 7) is 1.02. The van der Waals surface area contributed by atoms with E-state index in [-0.39, 0.29) is 24.5 Å². The topological polar surface area (TPSA) is 53.0 Å². The van der Waals surface area contributed by atoms with E-state index in [0.29, 0.717) is 13.1 Å². The zero-order valence-corrected chi connectivity index (χ0v) is 14.6. The number of cyclic esters (lactones) is 1.